The Morgan fingerprint density at radius 2 is 2.00 bits per heavy atom. The fourth-order valence-electron chi connectivity index (χ4n) is 2.51. The monoisotopic (exact) mass is 311 g/mol. The highest BCUT2D eigenvalue weighted by Crippen LogP contribution is 2.26. The van der Waals surface area contributed by atoms with Gasteiger partial charge < -0.3 is 15.5 Å². The molecule has 1 saturated heterocycles. The van der Waals surface area contributed by atoms with Crippen molar-refractivity contribution in [2.24, 2.45) is 11.7 Å². The first-order chi connectivity index (χ1) is 9.90. The quantitative estimate of drug-likeness (QED) is 0.921. The summed E-state index contributed by atoms with van der Waals surface area (Å²) in [5, 5.41) is 1.08. The van der Waals surface area contributed by atoms with Crippen LogP contribution >= 0.6 is 11.5 Å². The normalized spacial score (nSPS) is 19.6. The third kappa shape index (κ3) is 4.63. The van der Waals surface area contributed by atoms with Crippen LogP contribution in [0.5, 0.6) is 0 Å². The molecule has 2 heterocycles. The highest BCUT2D eigenvalue weighted by Gasteiger charge is 2.23. The molecule has 0 radical (unpaired) electrons. The molecule has 1 atom stereocenters. The minimum absolute atomic E-state index is 0.0309. The van der Waals surface area contributed by atoms with Crippen molar-refractivity contribution in [3.63, 3.8) is 0 Å². The van der Waals surface area contributed by atoms with Gasteiger partial charge in [0.2, 0.25) is 5.13 Å². The van der Waals surface area contributed by atoms with Crippen molar-refractivity contribution in [1.29, 1.82) is 0 Å². The molecular weight excluding hydrogens is 282 g/mol. The minimum Gasteiger partial charge on any atom is -0.346 e. The smallest absolute Gasteiger partial charge is 0.205 e. The summed E-state index contributed by atoms with van der Waals surface area (Å²) >= 11 is 1.54. The maximum atomic E-state index is 5.74. The van der Waals surface area contributed by atoms with Gasteiger partial charge in [0.15, 0.2) is 0 Å². The first-order valence-corrected chi connectivity index (χ1v) is 8.69. The van der Waals surface area contributed by atoms with Gasteiger partial charge in [0, 0.05) is 43.1 Å². The van der Waals surface area contributed by atoms with E-state index in [2.05, 4.69) is 41.9 Å². The lowest BCUT2D eigenvalue weighted by atomic mass is 9.96. The van der Waals surface area contributed by atoms with E-state index < -0.39 is 0 Å². The van der Waals surface area contributed by atoms with E-state index in [-0.39, 0.29) is 5.41 Å². The number of aromatic nitrogens is 2. The van der Waals surface area contributed by atoms with Crippen LogP contribution in [0, 0.1) is 5.92 Å². The second-order valence-electron chi connectivity index (χ2n) is 7.13. The molecule has 0 aromatic carbocycles. The van der Waals surface area contributed by atoms with Gasteiger partial charge in [-0.1, -0.05) is 27.7 Å². The van der Waals surface area contributed by atoms with E-state index in [1.807, 2.05) is 0 Å². The zero-order valence-corrected chi connectivity index (χ0v) is 14.6. The third-order valence-corrected chi connectivity index (χ3v) is 4.69. The first-order valence-electron chi connectivity index (χ1n) is 7.91. The Hall–Kier alpha value is -0.720. The van der Waals surface area contributed by atoms with Gasteiger partial charge in [-0.15, -0.1) is 0 Å². The summed E-state index contributed by atoms with van der Waals surface area (Å²) in [6, 6.07) is 0. The summed E-state index contributed by atoms with van der Waals surface area (Å²) < 4.78 is 4.53. The van der Waals surface area contributed by atoms with Gasteiger partial charge in [-0.3, -0.25) is 0 Å². The van der Waals surface area contributed by atoms with Crippen LogP contribution in [0.3, 0.4) is 0 Å². The van der Waals surface area contributed by atoms with Gasteiger partial charge in [-0.05, 0) is 25.4 Å². The van der Waals surface area contributed by atoms with Crippen LogP contribution in [0.2, 0.25) is 0 Å². The van der Waals surface area contributed by atoms with Crippen LogP contribution in [0.15, 0.2) is 0 Å². The maximum absolute atomic E-state index is 5.74. The lowest BCUT2D eigenvalue weighted by molar-refractivity contribution is 0.255. The average molecular weight is 311 g/mol. The highest BCUT2D eigenvalue weighted by atomic mass is 32.1. The number of hydrogen-bond donors (Lipinski definition) is 1. The zero-order valence-electron chi connectivity index (χ0n) is 13.8. The highest BCUT2D eigenvalue weighted by molar-refractivity contribution is 7.09. The summed E-state index contributed by atoms with van der Waals surface area (Å²) in [4.78, 5) is 9.66. The number of hydrogen-bond acceptors (Lipinski definition) is 6. The summed E-state index contributed by atoms with van der Waals surface area (Å²) in [6.07, 6.45) is 1.18. The van der Waals surface area contributed by atoms with Crippen molar-refractivity contribution in [1.82, 2.24) is 14.3 Å². The van der Waals surface area contributed by atoms with Gasteiger partial charge in [-0.2, -0.15) is 4.37 Å². The second-order valence-corrected chi connectivity index (χ2v) is 7.86. The molecule has 21 heavy (non-hydrogen) atoms. The standard InChI is InChI=1S/C15H29N5S/c1-12(10-16)11-19-6-5-7-20(9-8-19)14-17-13(18-21-14)15(2,3)4/h12H,5-11,16H2,1-4H3. The molecule has 6 heteroatoms. The van der Waals surface area contributed by atoms with E-state index in [4.69, 9.17) is 10.7 Å². The van der Waals surface area contributed by atoms with Gasteiger partial charge in [0.1, 0.15) is 5.82 Å². The van der Waals surface area contributed by atoms with Crippen molar-refractivity contribution < 1.29 is 0 Å². The van der Waals surface area contributed by atoms with Crippen molar-refractivity contribution in [2.45, 2.75) is 39.5 Å². The molecule has 1 aliphatic rings. The summed E-state index contributed by atoms with van der Waals surface area (Å²) in [7, 11) is 0. The van der Waals surface area contributed by atoms with E-state index in [1.165, 1.54) is 18.0 Å². The van der Waals surface area contributed by atoms with Crippen molar-refractivity contribution in [3.05, 3.63) is 5.82 Å². The molecule has 120 valence electrons. The van der Waals surface area contributed by atoms with E-state index >= 15 is 0 Å². The lowest BCUT2D eigenvalue weighted by Gasteiger charge is -2.23. The summed E-state index contributed by atoms with van der Waals surface area (Å²) in [5.41, 5.74) is 5.77. The Morgan fingerprint density at radius 1 is 1.24 bits per heavy atom. The zero-order chi connectivity index (χ0) is 15.5. The molecule has 0 aliphatic carbocycles. The summed E-state index contributed by atoms with van der Waals surface area (Å²) in [6.45, 7) is 15.0. The molecule has 0 spiro atoms. The Kier molecular flexibility index (Phi) is 5.57. The van der Waals surface area contributed by atoms with Crippen molar-refractivity contribution >= 4 is 16.7 Å². The third-order valence-electron chi connectivity index (χ3n) is 3.92. The number of anilines is 1. The van der Waals surface area contributed by atoms with Crippen molar-refractivity contribution in [2.75, 3.05) is 44.2 Å². The number of nitrogens with two attached hydrogens (primary N) is 1. The lowest BCUT2D eigenvalue weighted by Crippen LogP contribution is -2.35. The van der Waals surface area contributed by atoms with Crippen LogP contribution in [-0.2, 0) is 5.41 Å². The number of rotatable bonds is 4. The van der Waals surface area contributed by atoms with E-state index in [1.54, 1.807) is 0 Å². The fraction of sp³-hybridized carbons (Fsp3) is 0.867. The SMILES string of the molecule is CC(CN)CN1CCCN(c2nc(C(C)(C)C)ns2)CC1. The molecule has 1 aromatic heterocycles. The molecular formula is C15H29N5S. The van der Waals surface area contributed by atoms with Gasteiger partial charge in [0.05, 0.1) is 0 Å². The second kappa shape index (κ2) is 7.03. The van der Waals surface area contributed by atoms with Crippen molar-refractivity contribution in [3.8, 4) is 0 Å². The molecule has 1 unspecified atom stereocenters. The van der Waals surface area contributed by atoms with E-state index in [0.717, 1.165) is 50.2 Å². The van der Waals surface area contributed by atoms with Crippen LogP contribution in [0.1, 0.15) is 39.9 Å². The molecule has 0 amide bonds. The Morgan fingerprint density at radius 3 is 2.62 bits per heavy atom. The predicted molar refractivity (Wildman–Crippen MR) is 90.1 cm³/mol. The van der Waals surface area contributed by atoms with Gasteiger partial charge >= 0.3 is 0 Å². The first kappa shape index (κ1) is 16.6. The fourth-order valence-corrected chi connectivity index (χ4v) is 3.42. The van der Waals surface area contributed by atoms with Crippen LogP contribution in [0.25, 0.3) is 0 Å². The Labute approximate surface area is 132 Å². The van der Waals surface area contributed by atoms with Crippen LogP contribution in [-0.4, -0.2) is 53.5 Å². The van der Waals surface area contributed by atoms with E-state index in [9.17, 15) is 0 Å². The van der Waals surface area contributed by atoms with Crippen LogP contribution < -0.4 is 10.6 Å². The maximum Gasteiger partial charge on any atom is 0.205 e. The molecule has 5 nitrogen and oxygen atoms in total. The molecule has 1 aliphatic heterocycles. The topological polar surface area (TPSA) is 58.3 Å². The average Bonchev–Trinajstić information content (AvgIpc) is 2.81. The van der Waals surface area contributed by atoms with E-state index in [0.29, 0.717) is 5.92 Å². The van der Waals surface area contributed by atoms with Gasteiger partial charge in [0.25, 0.3) is 0 Å². The predicted octanol–water partition coefficient (Wildman–Crippen LogP) is 1.94. The molecule has 1 fully saturated rings. The molecule has 2 N–H and O–H groups in total. The molecule has 2 rings (SSSR count). The van der Waals surface area contributed by atoms with Gasteiger partial charge in [-0.25, -0.2) is 4.98 Å². The molecule has 1 aromatic rings. The summed E-state index contributed by atoms with van der Waals surface area (Å²) in [5.74, 6) is 1.53. The Balaban J connectivity index is 1.95. The van der Waals surface area contributed by atoms with Crippen LogP contribution in [0.4, 0.5) is 5.13 Å². The molecule has 0 bridgehead atoms. The molecule has 0 saturated carbocycles. The number of nitrogens with zero attached hydrogens (tertiary/aromatic N) is 4. The minimum atomic E-state index is 0.0309. The largest absolute Gasteiger partial charge is 0.346 e. The Bertz CT molecular complexity index is 440.